The molecule has 0 spiro atoms. The fraction of sp³-hybridized carbons (Fsp3) is 0.500. The van der Waals surface area contributed by atoms with Gasteiger partial charge in [-0.05, 0) is 25.1 Å². The van der Waals surface area contributed by atoms with Gasteiger partial charge < -0.3 is 5.32 Å². The van der Waals surface area contributed by atoms with Crippen LogP contribution in [0, 0.1) is 0 Å². The van der Waals surface area contributed by atoms with Crippen molar-refractivity contribution >= 4 is 22.4 Å². The van der Waals surface area contributed by atoms with Crippen LogP contribution in [0.5, 0.6) is 0 Å². The van der Waals surface area contributed by atoms with E-state index in [-0.39, 0.29) is 23.3 Å². The first-order valence-corrected chi connectivity index (χ1v) is 6.65. The zero-order chi connectivity index (χ0) is 11.6. The van der Waals surface area contributed by atoms with Gasteiger partial charge in [-0.1, -0.05) is 0 Å². The van der Waals surface area contributed by atoms with E-state index in [1.165, 1.54) is 10.5 Å². The fourth-order valence-corrected chi connectivity index (χ4v) is 3.16. The Morgan fingerprint density at radius 1 is 1.53 bits per heavy atom. The molecule has 7 heteroatoms. The van der Waals surface area contributed by atoms with Crippen LogP contribution in [0.1, 0.15) is 6.42 Å². The quantitative estimate of drug-likeness (QED) is 0.873. The van der Waals surface area contributed by atoms with Crippen molar-refractivity contribution in [2.24, 2.45) is 0 Å². The second kappa shape index (κ2) is 5.77. The van der Waals surface area contributed by atoms with Crippen LogP contribution in [-0.4, -0.2) is 43.9 Å². The summed E-state index contributed by atoms with van der Waals surface area (Å²) in [7, 11) is -1.77. The number of nitrogens with one attached hydrogen (secondary N) is 1. The minimum absolute atomic E-state index is 0. The number of hydrogen-bond donors (Lipinski definition) is 1. The van der Waals surface area contributed by atoms with Gasteiger partial charge in [0.25, 0.3) is 0 Å². The first-order chi connectivity index (χ1) is 7.62. The van der Waals surface area contributed by atoms with Gasteiger partial charge in [-0.15, -0.1) is 12.4 Å². The number of aromatic nitrogens is 1. The number of nitrogens with zero attached hydrogens (tertiary/aromatic N) is 2. The lowest BCUT2D eigenvalue weighted by Gasteiger charge is -2.22. The normalized spacial score (nSPS) is 20.2. The maximum absolute atomic E-state index is 12.2. The standard InChI is InChI=1S/C10H15N3O2S.ClH/c1-13(9-4-6-12-7-9)16(14,15)10-3-2-5-11-8-10;/h2-3,5,8-9,12H,4,6-7H2,1H3;1H. The second-order valence-electron chi connectivity index (χ2n) is 3.86. The molecule has 2 heterocycles. The predicted octanol–water partition coefficient (Wildman–Crippen LogP) is 0.486. The van der Waals surface area contributed by atoms with Crippen molar-refractivity contribution in [3.63, 3.8) is 0 Å². The van der Waals surface area contributed by atoms with Gasteiger partial charge in [0.05, 0.1) is 0 Å². The topological polar surface area (TPSA) is 62.3 Å². The Hall–Kier alpha value is -0.690. The highest BCUT2D eigenvalue weighted by Gasteiger charge is 2.29. The number of rotatable bonds is 3. The van der Waals surface area contributed by atoms with Crippen LogP contribution in [0.2, 0.25) is 0 Å². The summed E-state index contributed by atoms with van der Waals surface area (Å²) in [6.07, 6.45) is 3.81. The average Bonchev–Trinajstić information content (AvgIpc) is 2.82. The summed E-state index contributed by atoms with van der Waals surface area (Å²) in [6.45, 7) is 1.59. The van der Waals surface area contributed by atoms with Crippen molar-refractivity contribution in [1.82, 2.24) is 14.6 Å². The van der Waals surface area contributed by atoms with E-state index in [9.17, 15) is 8.42 Å². The molecule has 1 unspecified atom stereocenters. The third-order valence-electron chi connectivity index (χ3n) is 2.86. The minimum atomic E-state index is -3.39. The number of halogens is 1. The molecule has 1 aliphatic rings. The molecule has 17 heavy (non-hydrogen) atoms. The van der Waals surface area contributed by atoms with Gasteiger partial charge in [-0.25, -0.2) is 8.42 Å². The number of sulfonamides is 1. The molecule has 1 atom stereocenters. The molecule has 1 aromatic heterocycles. The Labute approximate surface area is 108 Å². The van der Waals surface area contributed by atoms with Crippen LogP contribution in [0.4, 0.5) is 0 Å². The maximum Gasteiger partial charge on any atom is 0.244 e. The number of likely N-dealkylation sites (N-methyl/N-ethyl adjacent to an activating group) is 1. The molecular formula is C10H16ClN3O2S. The van der Waals surface area contributed by atoms with Gasteiger partial charge in [-0.2, -0.15) is 4.31 Å². The molecule has 0 radical (unpaired) electrons. The molecule has 0 aromatic carbocycles. The molecule has 1 aliphatic heterocycles. The van der Waals surface area contributed by atoms with E-state index in [1.54, 1.807) is 25.4 Å². The van der Waals surface area contributed by atoms with E-state index in [0.29, 0.717) is 0 Å². The Kier molecular flexibility index (Phi) is 4.88. The second-order valence-corrected chi connectivity index (χ2v) is 5.85. The molecule has 5 nitrogen and oxygen atoms in total. The van der Waals surface area contributed by atoms with E-state index in [1.807, 2.05) is 0 Å². The fourth-order valence-electron chi connectivity index (χ4n) is 1.81. The molecular weight excluding hydrogens is 262 g/mol. The zero-order valence-corrected chi connectivity index (χ0v) is 11.2. The molecule has 0 bridgehead atoms. The van der Waals surface area contributed by atoms with Crippen LogP contribution < -0.4 is 5.32 Å². The van der Waals surface area contributed by atoms with Gasteiger partial charge >= 0.3 is 0 Å². The highest BCUT2D eigenvalue weighted by atomic mass is 35.5. The average molecular weight is 278 g/mol. The maximum atomic E-state index is 12.2. The molecule has 0 amide bonds. The monoisotopic (exact) mass is 277 g/mol. The van der Waals surface area contributed by atoms with Gasteiger partial charge in [0, 0.05) is 32.0 Å². The number of pyridine rings is 1. The molecule has 96 valence electrons. The molecule has 1 N–H and O–H groups in total. The van der Waals surface area contributed by atoms with E-state index in [4.69, 9.17) is 0 Å². The molecule has 2 rings (SSSR count). The Morgan fingerprint density at radius 2 is 2.29 bits per heavy atom. The van der Waals surface area contributed by atoms with Gasteiger partial charge in [0.15, 0.2) is 0 Å². The van der Waals surface area contributed by atoms with E-state index < -0.39 is 10.0 Å². The van der Waals surface area contributed by atoms with Crippen LogP contribution in [0.25, 0.3) is 0 Å². The van der Waals surface area contributed by atoms with E-state index >= 15 is 0 Å². The van der Waals surface area contributed by atoms with Crippen LogP contribution >= 0.6 is 12.4 Å². The Morgan fingerprint density at radius 3 is 2.82 bits per heavy atom. The highest BCUT2D eigenvalue weighted by Crippen LogP contribution is 2.17. The summed E-state index contributed by atoms with van der Waals surface area (Å²) in [5, 5.41) is 3.16. The Balaban J connectivity index is 0.00000144. The van der Waals surface area contributed by atoms with Crippen LogP contribution in [0.3, 0.4) is 0 Å². The predicted molar refractivity (Wildman–Crippen MR) is 67.7 cm³/mol. The summed E-state index contributed by atoms with van der Waals surface area (Å²) in [4.78, 5) is 4.09. The number of hydrogen-bond acceptors (Lipinski definition) is 4. The lowest BCUT2D eigenvalue weighted by atomic mass is 10.3. The third-order valence-corrected chi connectivity index (χ3v) is 4.75. The molecule has 0 saturated carbocycles. The molecule has 1 saturated heterocycles. The zero-order valence-electron chi connectivity index (χ0n) is 9.54. The summed E-state index contributed by atoms with van der Waals surface area (Å²) in [5.74, 6) is 0. The molecule has 1 aromatic rings. The van der Waals surface area contributed by atoms with Gasteiger partial charge in [-0.3, -0.25) is 4.98 Å². The van der Waals surface area contributed by atoms with Crippen molar-refractivity contribution in [3.05, 3.63) is 24.5 Å². The van der Waals surface area contributed by atoms with E-state index in [2.05, 4.69) is 10.3 Å². The largest absolute Gasteiger partial charge is 0.315 e. The van der Waals surface area contributed by atoms with Crippen molar-refractivity contribution in [1.29, 1.82) is 0 Å². The molecule has 1 fully saturated rings. The van der Waals surface area contributed by atoms with Crippen molar-refractivity contribution in [2.45, 2.75) is 17.4 Å². The summed E-state index contributed by atoms with van der Waals surface area (Å²) >= 11 is 0. The smallest absolute Gasteiger partial charge is 0.244 e. The first kappa shape index (κ1) is 14.4. The SMILES string of the molecule is CN(C1CCNC1)S(=O)(=O)c1cccnc1.Cl. The van der Waals surface area contributed by atoms with Crippen molar-refractivity contribution in [3.8, 4) is 0 Å². The first-order valence-electron chi connectivity index (χ1n) is 5.21. The summed E-state index contributed by atoms with van der Waals surface area (Å²) in [6, 6.07) is 3.25. The van der Waals surface area contributed by atoms with Crippen LogP contribution in [-0.2, 0) is 10.0 Å². The van der Waals surface area contributed by atoms with E-state index in [0.717, 1.165) is 19.5 Å². The van der Waals surface area contributed by atoms with Gasteiger partial charge in [0.2, 0.25) is 10.0 Å². The lowest BCUT2D eigenvalue weighted by Crippen LogP contribution is -2.38. The van der Waals surface area contributed by atoms with Crippen molar-refractivity contribution in [2.75, 3.05) is 20.1 Å². The van der Waals surface area contributed by atoms with Crippen molar-refractivity contribution < 1.29 is 8.42 Å². The van der Waals surface area contributed by atoms with Crippen LogP contribution in [0.15, 0.2) is 29.4 Å². The Bertz CT molecular complexity index is 446. The lowest BCUT2D eigenvalue weighted by molar-refractivity contribution is 0.387. The van der Waals surface area contributed by atoms with Gasteiger partial charge in [0.1, 0.15) is 4.90 Å². The molecule has 0 aliphatic carbocycles. The minimum Gasteiger partial charge on any atom is -0.315 e. The summed E-state index contributed by atoms with van der Waals surface area (Å²) in [5.41, 5.74) is 0. The third kappa shape index (κ3) is 2.95. The highest BCUT2D eigenvalue weighted by molar-refractivity contribution is 7.89. The summed E-state index contributed by atoms with van der Waals surface area (Å²) < 4.78 is 25.8.